The van der Waals surface area contributed by atoms with Crippen molar-refractivity contribution in [2.75, 3.05) is 6.61 Å². The summed E-state index contributed by atoms with van der Waals surface area (Å²) in [5.74, 6) is 0.154. The summed E-state index contributed by atoms with van der Waals surface area (Å²) in [6, 6.07) is 9.77. The fraction of sp³-hybridized carbons (Fsp3) is 0.310. The van der Waals surface area contributed by atoms with E-state index in [4.69, 9.17) is 13.8 Å². The third kappa shape index (κ3) is 5.17. The number of benzene rings is 2. The number of halogens is 3. The number of hydrogen-bond donors (Lipinski definition) is 1. The van der Waals surface area contributed by atoms with Crippen molar-refractivity contribution in [1.29, 1.82) is 0 Å². The van der Waals surface area contributed by atoms with E-state index in [1.807, 2.05) is 18.2 Å². The Morgan fingerprint density at radius 3 is 2.61 bits per heavy atom. The predicted molar refractivity (Wildman–Crippen MR) is 141 cm³/mol. The van der Waals surface area contributed by atoms with Crippen LogP contribution in [0.2, 0.25) is 0 Å². The summed E-state index contributed by atoms with van der Waals surface area (Å²) in [6.07, 6.45) is -2.91. The summed E-state index contributed by atoms with van der Waals surface area (Å²) < 4.78 is 59.4. The van der Waals surface area contributed by atoms with Crippen LogP contribution in [-0.2, 0) is 16.0 Å². The number of carbonyl (C=O) groups excluding carboxylic acids is 1. The number of carbonyl (C=O) groups is 1. The summed E-state index contributed by atoms with van der Waals surface area (Å²) in [5.41, 5.74) is 5.49. The standard InChI is InChI=1S/C29H25F3N4O5/c1-4-38-24(37)13-16-5-7-21-22-12-17(6-8-23(22)33-26(16)21)27-34-28(41-36-27)19-9-18(25-14(2)35-40-15(25)3)10-20(11-19)39-29(30,31)32/h6,8-12,16,33H,4-5,7,13H2,1-3H3. The molecule has 0 fully saturated rings. The van der Waals surface area contributed by atoms with Crippen LogP contribution in [0.1, 0.15) is 48.4 Å². The van der Waals surface area contributed by atoms with Crippen molar-refractivity contribution in [3.05, 3.63) is 59.1 Å². The van der Waals surface area contributed by atoms with E-state index in [9.17, 15) is 18.0 Å². The third-order valence-corrected chi connectivity index (χ3v) is 7.20. The molecule has 2 aromatic carbocycles. The second-order valence-corrected chi connectivity index (χ2v) is 9.94. The van der Waals surface area contributed by atoms with Gasteiger partial charge in [-0.25, -0.2) is 0 Å². The van der Waals surface area contributed by atoms with Crippen LogP contribution in [0.4, 0.5) is 13.2 Å². The van der Waals surface area contributed by atoms with E-state index in [1.165, 1.54) is 12.1 Å². The van der Waals surface area contributed by atoms with Gasteiger partial charge in [0.25, 0.3) is 5.89 Å². The van der Waals surface area contributed by atoms with Gasteiger partial charge in [0.2, 0.25) is 5.82 Å². The Labute approximate surface area is 231 Å². The van der Waals surface area contributed by atoms with Gasteiger partial charge in [-0.2, -0.15) is 4.98 Å². The number of fused-ring (bicyclic) bond motifs is 3. The Balaban J connectivity index is 1.34. The highest BCUT2D eigenvalue weighted by atomic mass is 19.4. The highest BCUT2D eigenvalue weighted by molar-refractivity contribution is 5.89. The first kappa shape index (κ1) is 26.6. The van der Waals surface area contributed by atoms with Crippen molar-refractivity contribution in [2.24, 2.45) is 0 Å². The number of ether oxygens (including phenoxy) is 2. The quantitative estimate of drug-likeness (QED) is 0.209. The van der Waals surface area contributed by atoms with E-state index in [-0.39, 0.29) is 29.2 Å². The van der Waals surface area contributed by atoms with Crippen LogP contribution in [0.3, 0.4) is 0 Å². The number of alkyl halides is 3. The van der Waals surface area contributed by atoms with E-state index in [0.29, 0.717) is 41.2 Å². The summed E-state index contributed by atoms with van der Waals surface area (Å²) >= 11 is 0. The van der Waals surface area contributed by atoms with Gasteiger partial charge in [-0.3, -0.25) is 4.79 Å². The molecule has 0 amide bonds. The minimum Gasteiger partial charge on any atom is -0.466 e. The number of esters is 1. The normalized spacial score (nSPS) is 14.9. The summed E-state index contributed by atoms with van der Waals surface area (Å²) in [6.45, 7) is 5.50. The molecule has 1 aliphatic carbocycles. The van der Waals surface area contributed by atoms with E-state index < -0.39 is 12.1 Å². The molecule has 41 heavy (non-hydrogen) atoms. The first-order valence-electron chi connectivity index (χ1n) is 13.1. The molecule has 9 nitrogen and oxygen atoms in total. The maximum atomic E-state index is 13.1. The van der Waals surface area contributed by atoms with Crippen LogP contribution in [0.25, 0.3) is 44.9 Å². The number of aryl methyl sites for hydroxylation is 3. The first-order chi connectivity index (χ1) is 19.6. The molecule has 1 N–H and O–H groups in total. The molecular formula is C29H25F3N4O5. The number of nitrogens with zero attached hydrogens (tertiary/aromatic N) is 3. The van der Waals surface area contributed by atoms with Crippen LogP contribution in [-0.4, -0.2) is 39.2 Å². The zero-order valence-electron chi connectivity index (χ0n) is 22.4. The molecule has 0 aliphatic heterocycles. The van der Waals surface area contributed by atoms with Gasteiger partial charge in [-0.05, 0) is 81.1 Å². The van der Waals surface area contributed by atoms with Gasteiger partial charge in [-0.1, -0.05) is 10.3 Å². The van der Waals surface area contributed by atoms with Crippen molar-refractivity contribution >= 4 is 16.9 Å². The molecule has 3 aromatic heterocycles. The van der Waals surface area contributed by atoms with E-state index in [2.05, 4.69) is 25.0 Å². The van der Waals surface area contributed by atoms with Gasteiger partial charge in [-0.15, -0.1) is 13.2 Å². The number of aromatic nitrogens is 4. The Morgan fingerprint density at radius 1 is 1.07 bits per heavy atom. The molecule has 0 saturated carbocycles. The van der Waals surface area contributed by atoms with Crippen molar-refractivity contribution in [3.63, 3.8) is 0 Å². The number of rotatable bonds is 7. The fourth-order valence-electron chi connectivity index (χ4n) is 5.53. The van der Waals surface area contributed by atoms with Crippen molar-refractivity contribution in [3.8, 4) is 39.7 Å². The molecule has 1 aliphatic rings. The van der Waals surface area contributed by atoms with Gasteiger partial charge in [0.05, 0.1) is 18.7 Å². The molecule has 6 rings (SSSR count). The molecule has 5 aromatic rings. The van der Waals surface area contributed by atoms with E-state index in [1.54, 1.807) is 26.8 Å². The van der Waals surface area contributed by atoms with Crippen molar-refractivity contribution in [1.82, 2.24) is 20.3 Å². The molecule has 1 atom stereocenters. The summed E-state index contributed by atoms with van der Waals surface area (Å²) in [5, 5.41) is 9.00. The molecular weight excluding hydrogens is 541 g/mol. The predicted octanol–water partition coefficient (Wildman–Crippen LogP) is 7.04. The minimum absolute atomic E-state index is 0.0227. The largest absolute Gasteiger partial charge is 0.573 e. The average Bonchev–Trinajstić information content (AvgIpc) is 3.68. The van der Waals surface area contributed by atoms with E-state index >= 15 is 0 Å². The SMILES string of the molecule is CCOC(=O)CC1CCc2c1[nH]c1ccc(-c3noc(-c4cc(OC(F)(F)F)cc(-c5c(C)noc5C)c4)n3)cc21. The lowest BCUT2D eigenvalue weighted by Crippen LogP contribution is -2.17. The monoisotopic (exact) mass is 566 g/mol. The lowest BCUT2D eigenvalue weighted by atomic mass is 10.0. The molecule has 212 valence electrons. The molecule has 0 radical (unpaired) electrons. The molecule has 12 heteroatoms. The molecule has 1 unspecified atom stereocenters. The lowest BCUT2D eigenvalue weighted by molar-refractivity contribution is -0.274. The number of aromatic amines is 1. The van der Waals surface area contributed by atoms with Crippen molar-refractivity contribution < 1.29 is 36.5 Å². The highest BCUT2D eigenvalue weighted by Gasteiger charge is 2.32. The van der Waals surface area contributed by atoms with Gasteiger partial charge in [0, 0.05) is 39.2 Å². The first-order valence-corrected chi connectivity index (χ1v) is 13.1. The van der Waals surface area contributed by atoms with Gasteiger partial charge in [0.1, 0.15) is 11.5 Å². The van der Waals surface area contributed by atoms with Crippen LogP contribution in [0.5, 0.6) is 5.75 Å². The Morgan fingerprint density at radius 2 is 1.88 bits per heavy atom. The Kier molecular flexibility index (Phi) is 6.55. The minimum atomic E-state index is -4.89. The van der Waals surface area contributed by atoms with Gasteiger partial charge in [0.15, 0.2) is 0 Å². The second kappa shape index (κ2) is 10.1. The maximum absolute atomic E-state index is 13.1. The van der Waals surface area contributed by atoms with E-state index in [0.717, 1.165) is 35.0 Å². The maximum Gasteiger partial charge on any atom is 0.573 e. The van der Waals surface area contributed by atoms with Crippen LogP contribution < -0.4 is 4.74 Å². The summed E-state index contributed by atoms with van der Waals surface area (Å²) in [7, 11) is 0. The zero-order valence-corrected chi connectivity index (χ0v) is 22.4. The second-order valence-electron chi connectivity index (χ2n) is 9.94. The lowest BCUT2D eigenvalue weighted by Gasteiger charge is -2.11. The molecule has 3 heterocycles. The Bertz CT molecular complexity index is 1750. The zero-order chi connectivity index (χ0) is 28.9. The van der Waals surface area contributed by atoms with Gasteiger partial charge < -0.3 is 23.5 Å². The van der Waals surface area contributed by atoms with Gasteiger partial charge >= 0.3 is 12.3 Å². The Hall–Kier alpha value is -4.61. The summed E-state index contributed by atoms with van der Waals surface area (Å²) in [4.78, 5) is 20.0. The van der Waals surface area contributed by atoms with Crippen LogP contribution in [0, 0.1) is 13.8 Å². The highest BCUT2D eigenvalue weighted by Crippen LogP contribution is 2.41. The van der Waals surface area contributed by atoms with Crippen molar-refractivity contribution in [2.45, 2.75) is 52.3 Å². The van der Waals surface area contributed by atoms with Crippen LogP contribution in [0.15, 0.2) is 45.4 Å². The molecule has 0 bridgehead atoms. The number of nitrogens with one attached hydrogen (secondary N) is 1. The fourth-order valence-corrected chi connectivity index (χ4v) is 5.53. The topological polar surface area (TPSA) is 116 Å². The number of hydrogen-bond acceptors (Lipinski definition) is 8. The smallest absolute Gasteiger partial charge is 0.466 e. The average molecular weight is 567 g/mol. The molecule has 0 spiro atoms. The third-order valence-electron chi connectivity index (χ3n) is 7.20. The number of H-pyrrole nitrogens is 1. The van der Waals surface area contributed by atoms with Crippen LogP contribution >= 0.6 is 0 Å². The molecule has 0 saturated heterocycles.